The van der Waals surface area contributed by atoms with Gasteiger partial charge >= 0.3 is 0 Å². The zero-order valence-electron chi connectivity index (χ0n) is 4.71. The summed E-state index contributed by atoms with van der Waals surface area (Å²) in [7, 11) is 0. The van der Waals surface area contributed by atoms with E-state index in [9.17, 15) is 4.79 Å². The fraction of sp³-hybridized carbons (Fsp3) is 0.250. The SMILES string of the molecule is CC(=O)Nc1nn[c]s1. The van der Waals surface area contributed by atoms with Crippen LogP contribution in [0.15, 0.2) is 0 Å². The molecule has 1 aromatic rings. The summed E-state index contributed by atoms with van der Waals surface area (Å²) in [5, 5.41) is 9.89. The van der Waals surface area contributed by atoms with E-state index in [4.69, 9.17) is 0 Å². The minimum absolute atomic E-state index is 0.139. The summed E-state index contributed by atoms with van der Waals surface area (Å²) in [5.74, 6) is -0.139. The number of amides is 1. The number of aromatic nitrogens is 2. The summed E-state index contributed by atoms with van der Waals surface area (Å²) in [6.45, 7) is 1.42. The number of hydrogen-bond donors (Lipinski definition) is 1. The molecule has 0 aliphatic carbocycles. The lowest BCUT2D eigenvalue weighted by molar-refractivity contribution is -0.114. The number of carbonyl (C=O) groups is 1. The van der Waals surface area contributed by atoms with E-state index in [2.05, 4.69) is 21.0 Å². The molecule has 0 aliphatic heterocycles. The number of nitrogens with one attached hydrogen (secondary N) is 1. The zero-order chi connectivity index (χ0) is 6.69. The van der Waals surface area contributed by atoms with Crippen molar-refractivity contribution in [2.45, 2.75) is 6.92 Å². The van der Waals surface area contributed by atoms with E-state index in [0.717, 1.165) is 0 Å². The van der Waals surface area contributed by atoms with Gasteiger partial charge in [0.05, 0.1) is 0 Å². The largest absolute Gasteiger partial charge is 0.301 e. The van der Waals surface area contributed by atoms with Gasteiger partial charge in [0, 0.05) is 6.92 Å². The second-order valence-electron chi connectivity index (χ2n) is 1.38. The number of rotatable bonds is 1. The van der Waals surface area contributed by atoms with Crippen LogP contribution >= 0.6 is 11.3 Å². The Balaban J connectivity index is 2.58. The molecule has 1 heterocycles. The molecule has 0 aliphatic rings. The van der Waals surface area contributed by atoms with Gasteiger partial charge < -0.3 is 5.32 Å². The van der Waals surface area contributed by atoms with E-state index in [0.29, 0.717) is 5.13 Å². The van der Waals surface area contributed by atoms with E-state index >= 15 is 0 Å². The minimum Gasteiger partial charge on any atom is -0.301 e. The fourth-order valence-electron chi connectivity index (χ4n) is 0.351. The predicted octanol–water partition coefficient (Wildman–Crippen LogP) is 0.297. The molecule has 1 N–H and O–H groups in total. The van der Waals surface area contributed by atoms with Crippen molar-refractivity contribution in [3.05, 3.63) is 5.51 Å². The van der Waals surface area contributed by atoms with Gasteiger partial charge in [-0.15, -0.1) is 10.2 Å². The number of hydrogen-bond acceptors (Lipinski definition) is 4. The maximum atomic E-state index is 10.3. The van der Waals surface area contributed by atoms with Crippen LogP contribution in [-0.2, 0) is 4.79 Å². The van der Waals surface area contributed by atoms with Gasteiger partial charge in [0.25, 0.3) is 0 Å². The molecule has 0 atom stereocenters. The Morgan fingerprint density at radius 2 is 2.67 bits per heavy atom. The quantitative estimate of drug-likeness (QED) is 0.613. The highest BCUT2D eigenvalue weighted by molar-refractivity contribution is 7.13. The molecule has 0 bridgehead atoms. The van der Waals surface area contributed by atoms with Crippen molar-refractivity contribution in [3.8, 4) is 0 Å². The lowest BCUT2D eigenvalue weighted by Crippen LogP contribution is -2.04. The monoisotopic (exact) mass is 142 g/mol. The van der Waals surface area contributed by atoms with Crippen molar-refractivity contribution in [2.24, 2.45) is 0 Å². The molecule has 0 aromatic carbocycles. The van der Waals surface area contributed by atoms with Crippen LogP contribution in [0.4, 0.5) is 5.13 Å². The summed E-state index contributed by atoms with van der Waals surface area (Å²) in [5.41, 5.74) is 2.50. The molecule has 0 unspecified atom stereocenters. The van der Waals surface area contributed by atoms with Crippen molar-refractivity contribution in [3.63, 3.8) is 0 Å². The third-order valence-electron chi connectivity index (χ3n) is 0.607. The Morgan fingerprint density at radius 1 is 1.89 bits per heavy atom. The predicted molar refractivity (Wildman–Crippen MR) is 33.0 cm³/mol. The van der Waals surface area contributed by atoms with Gasteiger partial charge in [-0.25, -0.2) is 0 Å². The van der Waals surface area contributed by atoms with E-state index < -0.39 is 0 Å². The van der Waals surface area contributed by atoms with E-state index in [1.54, 1.807) is 0 Å². The van der Waals surface area contributed by atoms with Gasteiger partial charge in [-0.3, -0.25) is 4.79 Å². The molecule has 1 amide bonds. The number of carbonyl (C=O) groups excluding carboxylic acids is 1. The summed E-state index contributed by atoms with van der Waals surface area (Å²) in [4.78, 5) is 10.3. The van der Waals surface area contributed by atoms with Crippen molar-refractivity contribution < 1.29 is 4.79 Å². The topological polar surface area (TPSA) is 54.9 Å². The van der Waals surface area contributed by atoms with Crippen LogP contribution in [0.3, 0.4) is 0 Å². The highest BCUT2D eigenvalue weighted by Crippen LogP contribution is 2.05. The van der Waals surface area contributed by atoms with Gasteiger partial charge in [-0.1, -0.05) is 11.3 Å². The van der Waals surface area contributed by atoms with Gasteiger partial charge in [-0.2, -0.15) is 0 Å². The molecule has 0 fully saturated rings. The Bertz CT molecular complexity index is 196. The molecule has 1 radical (unpaired) electrons. The summed E-state index contributed by atoms with van der Waals surface area (Å²) in [6, 6.07) is 0. The normalized spacial score (nSPS) is 9.00. The summed E-state index contributed by atoms with van der Waals surface area (Å²) in [6.07, 6.45) is 0. The molecule has 4 nitrogen and oxygen atoms in total. The fourth-order valence-corrected chi connectivity index (χ4v) is 0.796. The number of nitrogens with zero attached hydrogens (tertiary/aromatic N) is 2. The highest BCUT2D eigenvalue weighted by Gasteiger charge is 1.95. The maximum Gasteiger partial charge on any atom is 0.223 e. The third-order valence-corrected chi connectivity index (χ3v) is 1.16. The van der Waals surface area contributed by atoms with Crippen molar-refractivity contribution in [1.82, 2.24) is 10.2 Å². The van der Waals surface area contributed by atoms with Crippen LogP contribution in [0.5, 0.6) is 0 Å². The first-order valence-electron chi connectivity index (χ1n) is 2.26. The smallest absolute Gasteiger partial charge is 0.223 e. The summed E-state index contributed by atoms with van der Waals surface area (Å²) < 4.78 is 0. The van der Waals surface area contributed by atoms with Crippen LogP contribution in [-0.4, -0.2) is 16.1 Å². The first kappa shape index (κ1) is 6.15. The second kappa shape index (κ2) is 2.54. The van der Waals surface area contributed by atoms with Gasteiger partial charge in [0.15, 0.2) is 5.51 Å². The second-order valence-corrected chi connectivity index (χ2v) is 2.15. The lowest BCUT2D eigenvalue weighted by Gasteiger charge is -1.89. The third kappa shape index (κ3) is 1.77. The number of anilines is 1. The molecule has 47 valence electrons. The summed E-state index contributed by atoms with van der Waals surface area (Å²) >= 11 is 1.17. The van der Waals surface area contributed by atoms with Crippen LogP contribution in [0.25, 0.3) is 0 Å². The average Bonchev–Trinajstić information content (AvgIpc) is 2.15. The van der Waals surface area contributed by atoms with Gasteiger partial charge in [-0.05, 0) is 0 Å². The molecule has 1 rings (SSSR count). The van der Waals surface area contributed by atoms with Crippen LogP contribution in [0.1, 0.15) is 6.92 Å². The molecular formula is C4H4N3OS. The Hall–Kier alpha value is -0.970. The first-order valence-corrected chi connectivity index (χ1v) is 3.08. The Labute approximate surface area is 55.9 Å². The molecule has 0 saturated carbocycles. The van der Waals surface area contributed by atoms with Crippen LogP contribution < -0.4 is 5.32 Å². The first-order chi connectivity index (χ1) is 4.29. The van der Waals surface area contributed by atoms with Gasteiger partial charge in [0.1, 0.15) is 0 Å². The zero-order valence-corrected chi connectivity index (χ0v) is 5.53. The Kier molecular flexibility index (Phi) is 1.74. The van der Waals surface area contributed by atoms with Crippen LogP contribution in [0, 0.1) is 5.51 Å². The van der Waals surface area contributed by atoms with E-state index in [1.807, 2.05) is 0 Å². The van der Waals surface area contributed by atoms with E-state index in [-0.39, 0.29) is 5.91 Å². The Morgan fingerprint density at radius 3 is 3.11 bits per heavy atom. The van der Waals surface area contributed by atoms with Crippen LogP contribution in [0.2, 0.25) is 0 Å². The molecule has 5 heteroatoms. The van der Waals surface area contributed by atoms with Crippen molar-refractivity contribution in [2.75, 3.05) is 5.32 Å². The molecular weight excluding hydrogens is 138 g/mol. The standard InChI is InChI=1S/C4H4N3OS/c1-3(8)6-4-7-5-2-9-4/h1H3,(H,6,7,8). The average molecular weight is 142 g/mol. The van der Waals surface area contributed by atoms with E-state index in [1.165, 1.54) is 18.3 Å². The molecule has 9 heavy (non-hydrogen) atoms. The van der Waals surface area contributed by atoms with Crippen molar-refractivity contribution >= 4 is 22.4 Å². The highest BCUT2D eigenvalue weighted by atomic mass is 32.1. The minimum atomic E-state index is -0.139. The molecule has 0 saturated heterocycles. The lowest BCUT2D eigenvalue weighted by atomic mass is 10.7. The maximum absolute atomic E-state index is 10.3. The van der Waals surface area contributed by atoms with Crippen molar-refractivity contribution in [1.29, 1.82) is 0 Å². The van der Waals surface area contributed by atoms with Gasteiger partial charge in [0.2, 0.25) is 11.0 Å². The molecule has 1 aromatic heterocycles. The molecule has 0 spiro atoms.